The summed E-state index contributed by atoms with van der Waals surface area (Å²) in [5.74, 6) is -0.220. The van der Waals surface area contributed by atoms with Crippen molar-refractivity contribution in [3.63, 3.8) is 0 Å². The molecule has 0 saturated carbocycles. The Labute approximate surface area is 148 Å². The first-order chi connectivity index (χ1) is 11.8. The van der Waals surface area contributed by atoms with Gasteiger partial charge in [-0.25, -0.2) is 8.42 Å². The van der Waals surface area contributed by atoms with E-state index < -0.39 is 10.0 Å². The summed E-state index contributed by atoms with van der Waals surface area (Å²) in [4.78, 5) is 14.0. The number of likely N-dealkylation sites (N-methyl/N-ethyl adjacent to an activating group) is 2. The Bertz CT molecular complexity index is 850. The van der Waals surface area contributed by atoms with Crippen LogP contribution in [0.2, 0.25) is 0 Å². The molecule has 0 spiro atoms. The van der Waals surface area contributed by atoms with Crippen molar-refractivity contribution in [3.05, 3.63) is 59.7 Å². The molecule has 6 nitrogen and oxygen atoms in total. The summed E-state index contributed by atoms with van der Waals surface area (Å²) in [6.07, 6.45) is 0. The molecule has 0 aromatic heterocycles. The minimum absolute atomic E-state index is 0.0573. The Morgan fingerprint density at radius 1 is 1.12 bits per heavy atom. The monoisotopic (exact) mass is 361 g/mol. The molecule has 0 unspecified atom stereocenters. The molecule has 0 aliphatic heterocycles. The van der Waals surface area contributed by atoms with Gasteiger partial charge in [-0.2, -0.15) is 0 Å². The van der Waals surface area contributed by atoms with E-state index in [1.165, 1.54) is 12.1 Å². The summed E-state index contributed by atoms with van der Waals surface area (Å²) in [6.45, 7) is 3.08. The first-order valence-corrected chi connectivity index (χ1v) is 9.41. The molecule has 0 aliphatic carbocycles. The Balaban J connectivity index is 2.23. The number of carbonyl (C=O) groups is 1. The average molecular weight is 361 g/mol. The summed E-state index contributed by atoms with van der Waals surface area (Å²) in [7, 11) is -0.267. The fraction of sp³-hybridized carbons (Fsp3) is 0.278. The minimum Gasteiger partial charge on any atom is -0.340 e. The molecule has 2 aromatic carbocycles. The first-order valence-electron chi connectivity index (χ1n) is 7.93. The van der Waals surface area contributed by atoms with Gasteiger partial charge >= 0.3 is 0 Å². The first kappa shape index (κ1) is 19.0. The van der Waals surface area contributed by atoms with Gasteiger partial charge in [0.2, 0.25) is 0 Å². The van der Waals surface area contributed by atoms with Gasteiger partial charge in [0.1, 0.15) is 0 Å². The van der Waals surface area contributed by atoms with Crippen LogP contribution in [0.15, 0.2) is 53.4 Å². The van der Waals surface area contributed by atoms with E-state index in [0.29, 0.717) is 24.3 Å². The molecule has 0 fully saturated rings. The summed E-state index contributed by atoms with van der Waals surface area (Å²) >= 11 is 0. The molecule has 0 heterocycles. The molecule has 0 atom stereocenters. The molecule has 0 bridgehead atoms. The Hall–Kier alpha value is -2.38. The minimum atomic E-state index is -3.76. The number of nitrogens with one attached hydrogen (secondary N) is 2. The van der Waals surface area contributed by atoms with E-state index in [1.54, 1.807) is 42.3 Å². The molecule has 2 rings (SSSR count). The maximum Gasteiger partial charge on any atom is 0.261 e. The van der Waals surface area contributed by atoms with Crippen LogP contribution in [0.3, 0.4) is 0 Å². The smallest absolute Gasteiger partial charge is 0.261 e. The van der Waals surface area contributed by atoms with Gasteiger partial charge in [0.15, 0.2) is 0 Å². The number of hydrogen-bond donors (Lipinski definition) is 2. The molecule has 2 aromatic rings. The lowest BCUT2D eigenvalue weighted by Gasteiger charge is -2.17. The molecule has 0 saturated heterocycles. The molecule has 25 heavy (non-hydrogen) atoms. The van der Waals surface area contributed by atoms with Crippen LogP contribution >= 0.6 is 0 Å². The van der Waals surface area contributed by atoms with E-state index in [-0.39, 0.29) is 10.8 Å². The number of anilines is 1. The van der Waals surface area contributed by atoms with Crippen molar-refractivity contribution in [1.82, 2.24) is 10.2 Å². The Morgan fingerprint density at radius 3 is 2.52 bits per heavy atom. The average Bonchev–Trinajstić information content (AvgIpc) is 2.58. The maximum atomic E-state index is 12.6. The van der Waals surface area contributed by atoms with Crippen LogP contribution < -0.4 is 10.0 Å². The second-order valence-corrected chi connectivity index (χ2v) is 7.52. The zero-order valence-corrected chi connectivity index (χ0v) is 15.4. The van der Waals surface area contributed by atoms with E-state index in [0.717, 1.165) is 5.56 Å². The van der Waals surface area contributed by atoms with E-state index >= 15 is 0 Å². The summed E-state index contributed by atoms with van der Waals surface area (Å²) < 4.78 is 27.7. The lowest BCUT2D eigenvalue weighted by molar-refractivity contribution is 0.0796. The summed E-state index contributed by atoms with van der Waals surface area (Å²) in [5, 5.41) is 2.97. The third-order valence-electron chi connectivity index (χ3n) is 3.71. The second kappa shape index (κ2) is 8.13. The quantitative estimate of drug-likeness (QED) is 0.791. The van der Waals surface area contributed by atoms with Crippen LogP contribution in [0.4, 0.5) is 5.69 Å². The van der Waals surface area contributed by atoms with Crippen LogP contribution in [0.25, 0.3) is 0 Å². The number of aryl methyl sites for hydroxylation is 1. The van der Waals surface area contributed by atoms with Crippen molar-refractivity contribution in [2.75, 3.05) is 31.9 Å². The molecular formula is C18H23N3O3S. The van der Waals surface area contributed by atoms with E-state index in [2.05, 4.69) is 10.0 Å². The molecular weight excluding hydrogens is 338 g/mol. The van der Waals surface area contributed by atoms with Gasteiger partial charge in [-0.3, -0.25) is 9.52 Å². The lowest BCUT2D eigenvalue weighted by atomic mass is 10.2. The summed E-state index contributed by atoms with van der Waals surface area (Å²) in [6, 6.07) is 13.2. The van der Waals surface area contributed by atoms with Gasteiger partial charge in [0.25, 0.3) is 15.9 Å². The Morgan fingerprint density at radius 2 is 1.84 bits per heavy atom. The fourth-order valence-corrected chi connectivity index (χ4v) is 3.42. The van der Waals surface area contributed by atoms with Crippen molar-refractivity contribution in [1.29, 1.82) is 0 Å². The normalized spacial score (nSPS) is 11.2. The third kappa shape index (κ3) is 5.04. The van der Waals surface area contributed by atoms with Gasteiger partial charge < -0.3 is 10.2 Å². The SMILES string of the molecule is CNCCN(C)C(=O)c1cccc(S(=O)(=O)Nc2cccc(C)c2)c1. The molecule has 2 N–H and O–H groups in total. The topological polar surface area (TPSA) is 78.5 Å². The fourth-order valence-electron chi connectivity index (χ4n) is 2.32. The maximum absolute atomic E-state index is 12.6. The van der Waals surface area contributed by atoms with Crippen molar-refractivity contribution in [2.45, 2.75) is 11.8 Å². The van der Waals surface area contributed by atoms with Crippen molar-refractivity contribution in [2.24, 2.45) is 0 Å². The van der Waals surface area contributed by atoms with Crippen molar-refractivity contribution >= 4 is 21.6 Å². The van der Waals surface area contributed by atoms with Crippen LogP contribution in [0.5, 0.6) is 0 Å². The Kier molecular flexibility index (Phi) is 6.17. The highest BCUT2D eigenvalue weighted by molar-refractivity contribution is 7.92. The van der Waals surface area contributed by atoms with E-state index in [4.69, 9.17) is 0 Å². The highest BCUT2D eigenvalue weighted by atomic mass is 32.2. The molecule has 7 heteroatoms. The largest absolute Gasteiger partial charge is 0.340 e. The second-order valence-electron chi connectivity index (χ2n) is 5.83. The number of sulfonamides is 1. The molecule has 1 amide bonds. The van der Waals surface area contributed by atoms with Crippen LogP contribution in [0.1, 0.15) is 15.9 Å². The molecule has 134 valence electrons. The standard InChI is InChI=1S/C18H23N3O3S/c1-14-6-4-8-16(12-14)20-25(23,24)17-9-5-7-15(13-17)18(22)21(3)11-10-19-2/h4-9,12-13,19-20H,10-11H2,1-3H3. The van der Waals surface area contributed by atoms with E-state index in [9.17, 15) is 13.2 Å². The van der Waals surface area contributed by atoms with Crippen molar-refractivity contribution < 1.29 is 13.2 Å². The zero-order valence-electron chi connectivity index (χ0n) is 14.6. The third-order valence-corrected chi connectivity index (χ3v) is 5.08. The molecule has 0 radical (unpaired) electrons. The lowest BCUT2D eigenvalue weighted by Crippen LogP contribution is -2.32. The van der Waals surface area contributed by atoms with Gasteiger partial charge in [0.05, 0.1) is 4.90 Å². The summed E-state index contributed by atoms with van der Waals surface area (Å²) in [5.41, 5.74) is 1.78. The highest BCUT2D eigenvalue weighted by Crippen LogP contribution is 2.18. The van der Waals surface area contributed by atoms with Gasteiger partial charge in [-0.1, -0.05) is 18.2 Å². The van der Waals surface area contributed by atoms with Gasteiger partial charge in [-0.05, 0) is 49.9 Å². The number of hydrogen-bond acceptors (Lipinski definition) is 4. The van der Waals surface area contributed by atoms with Crippen LogP contribution in [-0.2, 0) is 10.0 Å². The number of nitrogens with zero attached hydrogens (tertiary/aromatic N) is 1. The van der Waals surface area contributed by atoms with Crippen LogP contribution in [-0.4, -0.2) is 46.4 Å². The number of benzene rings is 2. The highest BCUT2D eigenvalue weighted by Gasteiger charge is 2.18. The number of rotatable bonds is 7. The number of carbonyl (C=O) groups excluding carboxylic acids is 1. The van der Waals surface area contributed by atoms with Crippen LogP contribution in [0, 0.1) is 6.92 Å². The molecule has 0 aliphatic rings. The van der Waals surface area contributed by atoms with Gasteiger partial charge in [0, 0.05) is 31.4 Å². The van der Waals surface area contributed by atoms with Crippen molar-refractivity contribution in [3.8, 4) is 0 Å². The predicted octanol–water partition coefficient (Wildman–Crippen LogP) is 2.09. The van der Waals surface area contributed by atoms with E-state index in [1.807, 2.05) is 20.0 Å². The predicted molar refractivity (Wildman–Crippen MR) is 99.3 cm³/mol. The zero-order chi connectivity index (χ0) is 18.4. The number of amides is 1. The van der Waals surface area contributed by atoms with Gasteiger partial charge in [-0.15, -0.1) is 0 Å².